The number of carbonyl (C=O) groups excluding carboxylic acids is 2. The van der Waals surface area contributed by atoms with Gasteiger partial charge in [-0.2, -0.15) is 0 Å². The molecule has 0 atom stereocenters. The van der Waals surface area contributed by atoms with Gasteiger partial charge in [0.1, 0.15) is 0 Å². The number of aromatic nitrogens is 3. The fourth-order valence-electron chi connectivity index (χ4n) is 4.48. The Bertz CT molecular complexity index is 1480. The number of aryl methyl sites for hydroxylation is 3. The van der Waals surface area contributed by atoms with E-state index in [1.807, 2.05) is 90.9 Å². The summed E-state index contributed by atoms with van der Waals surface area (Å²) >= 11 is 1.36. The molecule has 0 fully saturated rings. The summed E-state index contributed by atoms with van der Waals surface area (Å²) < 4.78 is 1.92. The van der Waals surface area contributed by atoms with E-state index >= 15 is 0 Å². The Kier molecular flexibility index (Phi) is 7.10. The quantitative estimate of drug-likeness (QED) is 0.361. The number of nitrogens with one attached hydrogen (secondary N) is 1. The number of fused-ring (bicyclic) bond motifs is 1. The van der Waals surface area contributed by atoms with Crippen LogP contribution < -0.4 is 10.2 Å². The lowest BCUT2D eigenvalue weighted by Crippen LogP contribution is -2.30. The number of benzene rings is 3. The van der Waals surface area contributed by atoms with Gasteiger partial charge >= 0.3 is 0 Å². The van der Waals surface area contributed by atoms with E-state index in [-0.39, 0.29) is 24.1 Å². The van der Waals surface area contributed by atoms with Gasteiger partial charge in [0, 0.05) is 23.5 Å². The van der Waals surface area contributed by atoms with Crippen molar-refractivity contribution >= 4 is 29.3 Å². The zero-order chi connectivity index (χ0) is 25.9. The summed E-state index contributed by atoms with van der Waals surface area (Å²) in [6.45, 7) is 6.94. The lowest BCUT2D eigenvalue weighted by Gasteiger charge is -2.17. The van der Waals surface area contributed by atoms with Crippen molar-refractivity contribution in [1.82, 2.24) is 20.1 Å². The molecule has 1 aliphatic heterocycles. The molecule has 1 aliphatic rings. The first-order valence-electron chi connectivity index (χ1n) is 12.3. The predicted molar refractivity (Wildman–Crippen MR) is 146 cm³/mol. The van der Waals surface area contributed by atoms with Crippen LogP contribution >= 0.6 is 11.8 Å². The molecule has 0 bridgehead atoms. The van der Waals surface area contributed by atoms with Crippen molar-refractivity contribution in [3.8, 4) is 5.69 Å². The van der Waals surface area contributed by atoms with Crippen LogP contribution in [0.15, 0.2) is 71.9 Å². The van der Waals surface area contributed by atoms with Crippen LogP contribution in [0, 0.1) is 20.8 Å². The molecule has 2 amide bonds. The molecule has 0 saturated carbocycles. The second kappa shape index (κ2) is 10.6. The number of anilines is 1. The van der Waals surface area contributed by atoms with E-state index in [1.165, 1.54) is 17.3 Å². The van der Waals surface area contributed by atoms with Crippen LogP contribution in [0.5, 0.6) is 0 Å². The van der Waals surface area contributed by atoms with Crippen LogP contribution in [0.4, 0.5) is 5.69 Å². The van der Waals surface area contributed by atoms with E-state index in [4.69, 9.17) is 0 Å². The van der Waals surface area contributed by atoms with Gasteiger partial charge in [0.2, 0.25) is 5.91 Å². The highest BCUT2D eigenvalue weighted by Gasteiger charge is 2.25. The smallest absolute Gasteiger partial charge is 0.251 e. The normalized spacial score (nSPS) is 12.5. The van der Waals surface area contributed by atoms with Gasteiger partial charge in [0.15, 0.2) is 11.0 Å². The molecular formula is C29H29N5O2S. The molecular weight excluding hydrogens is 482 g/mol. The van der Waals surface area contributed by atoms with E-state index in [0.29, 0.717) is 23.1 Å². The van der Waals surface area contributed by atoms with Crippen LogP contribution in [0.25, 0.3) is 5.69 Å². The zero-order valence-electron chi connectivity index (χ0n) is 21.2. The van der Waals surface area contributed by atoms with Crippen LogP contribution in [0.1, 0.15) is 38.4 Å². The zero-order valence-corrected chi connectivity index (χ0v) is 22.0. The summed E-state index contributed by atoms with van der Waals surface area (Å²) in [7, 11) is 0. The number of carbonyl (C=O) groups is 2. The third-order valence-electron chi connectivity index (χ3n) is 6.65. The summed E-state index contributed by atoms with van der Waals surface area (Å²) in [4.78, 5) is 27.8. The highest BCUT2D eigenvalue weighted by Crippen LogP contribution is 2.29. The Hall–Kier alpha value is -3.91. The number of thioether (sulfide) groups is 1. The summed E-state index contributed by atoms with van der Waals surface area (Å²) in [6, 6.07) is 21.7. The minimum atomic E-state index is -0.168. The van der Waals surface area contributed by atoms with Gasteiger partial charge in [-0.1, -0.05) is 48.2 Å². The molecule has 0 radical (unpaired) electrons. The number of hydrogen-bond donors (Lipinski definition) is 1. The third-order valence-corrected chi connectivity index (χ3v) is 7.56. The Labute approximate surface area is 220 Å². The lowest BCUT2D eigenvalue weighted by atomic mass is 10.1. The van der Waals surface area contributed by atoms with Crippen molar-refractivity contribution in [3.05, 3.63) is 100 Å². The van der Waals surface area contributed by atoms with Gasteiger partial charge in [-0.15, -0.1) is 10.2 Å². The molecule has 0 spiro atoms. The van der Waals surface area contributed by atoms with Crippen molar-refractivity contribution < 1.29 is 9.59 Å². The Balaban J connectivity index is 1.35. The Morgan fingerprint density at radius 3 is 2.59 bits per heavy atom. The molecule has 1 N–H and O–H groups in total. The number of para-hydroxylation sites is 1. The molecule has 0 unspecified atom stereocenters. The largest absolute Gasteiger partial charge is 0.345 e. The number of nitrogens with zero attached hydrogens (tertiary/aromatic N) is 4. The highest BCUT2D eigenvalue weighted by molar-refractivity contribution is 7.99. The molecule has 5 rings (SSSR count). The standard InChI is InChI=1S/C29H29N5O2S/c1-19-7-6-9-24(15-19)34-26(17-30-28(36)23-12-11-20(2)21(3)16-23)31-32-29(34)37-18-27(35)33-14-13-22-8-4-5-10-25(22)33/h4-12,15-16H,13-14,17-18H2,1-3H3,(H,30,36). The number of hydrogen-bond acceptors (Lipinski definition) is 5. The molecule has 1 aromatic heterocycles. The number of rotatable bonds is 7. The second-order valence-corrected chi connectivity index (χ2v) is 10.2. The van der Waals surface area contributed by atoms with Crippen LogP contribution in [0.3, 0.4) is 0 Å². The summed E-state index contributed by atoms with van der Waals surface area (Å²) in [5.41, 5.74) is 6.99. The maximum Gasteiger partial charge on any atom is 0.251 e. The molecule has 3 aromatic carbocycles. The minimum Gasteiger partial charge on any atom is -0.345 e. The minimum absolute atomic E-state index is 0.0401. The monoisotopic (exact) mass is 511 g/mol. The van der Waals surface area contributed by atoms with E-state index in [2.05, 4.69) is 21.6 Å². The number of amides is 2. The van der Waals surface area contributed by atoms with Crippen LogP contribution in [-0.2, 0) is 17.8 Å². The van der Waals surface area contributed by atoms with Crippen LogP contribution in [0.2, 0.25) is 0 Å². The maximum absolute atomic E-state index is 13.1. The predicted octanol–water partition coefficient (Wildman–Crippen LogP) is 4.80. The van der Waals surface area contributed by atoms with Gasteiger partial charge < -0.3 is 10.2 Å². The van der Waals surface area contributed by atoms with Crippen molar-refractivity contribution in [2.75, 3.05) is 17.2 Å². The Morgan fingerprint density at radius 2 is 1.78 bits per heavy atom. The fraction of sp³-hybridized carbons (Fsp3) is 0.241. The van der Waals surface area contributed by atoms with Crippen molar-refractivity contribution in [1.29, 1.82) is 0 Å². The van der Waals surface area contributed by atoms with E-state index in [9.17, 15) is 9.59 Å². The molecule has 37 heavy (non-hydrogen) atoms. The van der Waals surface area contributed by atoms with E-state index < -0.39 is 0 Å². The SMILES string of the molecule is Cc1cccc(-n2c(CNC(=O)c3ccc(C)c(C)c3)nnc2SCC(=O)N2CCc3ccccc32)c1. The molecule has 4 aromatic rings. The molecule has 188 valence electrons. The Morgan fingerprint density at radius 1 is 0.946 bits per heavy atom. The van der Waals surface area contributed by atoms with Crippen LogP contribution in [-0.4, -0.2) is 38.9 Å². The van der Waals surface area contributed by atoms with Gasteiger partial charge in [0.05, 0.1) is 12.3 Å². The maximum atomic E-state index is 13.1. The van der Waals surface area contributed by atoms with Gasteiger partial charge in [-0.25, -0.2) is 0 Å². The molecule has 7 nitrogen and oxygen atoms in total. The average molecular weight is 512 g/mol. The highest BCUT2D eigenvalue weighted by atomic mass is 32.2. The van der Waals surface area contributed by atoms with Crippen molar-refractivity contribution in [3.63, 3.8) is 0 Å². The van der Waals surface area contributed by atoms with Crippen molar-refractivity contribution in [2.45, 2.75) is 38.9 Å². The lowest BCUT2D eigenvalue weighted by molar-refractivity contribution is -0.116. The molecule has 8 heteroatoms. The average Bonchev–Trinajstić information content (AvgIpc) is 3.51. The van der Waals surface area contributed by atoms with Gasteiger partial charge in [-0.3, -0.25) is 14.2 Å². The third kappa shape index (κ3) is 5.29. The summed E-state index contributed by atoms with van der Waals surface area (Å²) in [6.07, 6.45) is 0.871. The first-order valence-corrected chi connectivity index (χ1v) is 13.3. The molecule has 2 heterocycles. The van der Waals surface area contributed by atoms with Gasteiger partial charge in [0.25, 0.3) is 5.91 Å². The summed E-state index contributed by atoms with van der Waals surface area (Å²) in [5, 5.41) is 12.4. The van der Waals surface area contributed by atoms with E-state index in [1.54, 1.807) is 0 Å². The van der Waals surface area contributed by atoms with E-state index in [0.717, 1.165) is 34.5 Å². The first-order chi connectivity index (χ1) is 17.9. The first kappa shape index (κ1) is 24.8. The van der Waals surface area contributed by atoms with Gasteiger partial charge in [-0.05, 0) is 79.8 Å². The fourth-order valence-corrected chi connectivity index (χ4v) is 5.33. The molecule has 0 aliphatic carbocycles. The molecule has 0 saturated heterocycles. The second-order valence-electron chi connectivity index (χ2n) is 9.27. The topological polar surface area (TPSA) is 80.1 Å². The summed E-state index contributed by atoms with van der Waals surface area (Å²) in [5.74, 6) is 0.717. The van der Waals surface area contributed by atoms with Crippen molar-refractivity contribution in [2.24, 2.45) is 0 Å².